The Labute approximate surface area is 129 Å². The van der Waals surface area contributed by atoms with Gasteiger partial charge in [0.2, 0.25) is 5.91 Å². The molecule has 1 aliphatic heterocycles. The zero-order valence-corrected chi connectivity index (χ0v) is 12.4. The molecule has 2 heterocycles. The average molecular weight is 302 g/mol. The summed E-state index contributed by atoms with van der Waals surface area (Å²) in [7, 11) is 0. The number of aromatic nitrogens is 1. The summed E-state index contributed by atoms with van der Waals surface area (Å²) < 4.78 is 14.7. The summed E-state index contributed by atoms with van der Waals surface area (Å²) in [6.07, 6.45) is 4.22. The molecule has 2 fully saturated rings. The van der Waals surface area contributed by atoms with Gasteiger partial charge < -0.3 is 10.2 Å². The van der Waals surface area contributed by atoms with E-state index in [4.69, 9.17) is 5.26 Å². The molecule has 116 valence electrons. The maximum absolute atomic E-state index is 14.7. The predicted octanol–water partition coefficient (Wildman–Crippen LogP) is 1.79. The number of alkyl halides is 1. The van der Waals surface area contributed by atoms with E-state index in [1.165, 1.54) is 0 Å². The first-order valence-electron chi connectivity index (χ1n) is 7.67. The number of amides is 1. The summed E-state index contributed by atoms with van der Waals surface area (Å²) in [5, 5.41) is 11.6. The molecule has 1 saturated carbocycles. The third-order valence-electron chi connectivity index (χ3n) is 4.41. The summed E-state index contributed by atoms with van der Waals surface area (Å²) in [5.74, 6) is 0.108. The molecule has 1 aromatic heterocycles. The van der Waals surface area contributed by atoms with Gasteiger partial charge in [0.1, 0.15) is 17.4 Å². The smallest absolute Gasteiger partial charge is 0.223 e. The van der Waals surface area contributed by atoms with Crippen LogP contribution in [0.5, 0.6) is 0 Å². The number of carbonyl (C=O) groups is 1. The molecule has 0 aromatic carbocycles. The van der Waals surface area contributed by atoms with E-state index in [0.717, 1.165) is 18.5 Å². The standard InChI is InChI=1S/C16H19FN4O/c17-16(11-20-15(22)12-1-2-12)4-7-21(8-5-16)14-3-6-19-13(9-14)10-18/h3,6,9,12H,1-2,4-5,7-8,11H2,(H,20,22). The Morgan fingerprint density at radius 2 is 2.23 bits per heavy atom. The highest BCUT2D eigenvalue weighted by Crippen LogP contribution is 2.31. The van der Waals surface area contributed by atoms with Crippen molar-refractivity contribution in [3.63, 3.8) is 0 Å². The SMILES string of the molecule is N#Cc1cc(N2CCC(F)(CNC(=O)C3CC3)CC2)ccn1. The minimum absolute atomic E-state index is 0.00718. The van der Waals surface area contributed by atoms with E-state index in [-0.39, 0.29) is 18.4 Å². The lowest BCUT2D eigenvalue weighted by Crippen LogP contribution is -2.48. The second-order valence-electron chi connectivity index (χ2n) is 6.14. The van der Waals surface area contributed by atoms with E-state index in [0.29, 0.717) is 31.6 Å². The first-order chi connectivity index (χ1) is 10.6. The Morgan fingerprint density at radius 3 is 2.86 bits per heavy atom. The molecule has 5 nitrogen and oxygen atoms in total. The van der Waals surface area contributed by atoms with Gasteiger partial charge in [0.15, 0.2) is 0 Å². The molecule has 1 aromatic rings. The summed E-state index contributed by atoms with van der Waals surface area (Å²) >= 11 is 0. The number of nitrogens with one attached hydrogen (secondary N) is 1. The van der Waals surface area contributed by atoms with Crippen molar-refractivity contribution in [2.45, 2.75) is 31.4 Å². The summed E-state index contributed by atoms with van der Waals surface area (Å²) in [5.41, 5.74) is -0.0616. The summed E-state index contributed by atoms with van der Waals surface area (Å²) in [4.78, 5) is 17.6. The normalized spacial score (nSPS) is 20.3. The van der Waals surface area contributed by atoms with Crippen molar-refractivity contribution in [1.29, 1.82) is 5.26 Å². The van der Waals surface area contributed by atoms with Gasteiger partial charge in [-0.1, -0.05) is 0 Å². The maximum atomic E-state index is 14.7. The molecular weight excluding hydrogens is 283 g/mol. The van der Waals surface area contributed by atoms with Crippen LogP contribution in [0.3, 0.4) is 0 Å². The minimum atomic E-state index is -1.33. The number of nitrogens with zero attached hydrogens (tertiary/aromatic N) is 3. The number of hydrogen-bond donors (Lipinski definition) is 1. The molecule has 6 heteroatoms. The highest BCUT2D eigenvalue weighted by atomic mass is 19.1. The van der Waals surface area contributed by atoms with Gasteiger partial charge in [0.05, 0.1) is 6.54 Å². The fraction of sp³-hybridized carbons (Fsp3) is 0.562. The van der Waals surface area contributed by atoms with E-state index >= 15 is 0 Å². The third kappa shape index (κ3) is 3.35. The van der Waals surface area contributed by atoms with Crippen LogP contribution in [0.1, 0.15) is 31.4 Å². The van der Waals surface area contributed by atoms with E-state index < -0.39 is 5.67 Å². The zero-order valence-electron chi connectivity index (χ0n) is 12.4. The maximum Gasteiger partial charge on any atom is 0.223 e. The Kier molecular flexibility index (Phi) is 3.97. The average Bonchev–Trinajstić information content (AvgIpc) is 3.38. The van der Waals surface area contributed by atoms with Crippen LogP contribution in [0, 0.1) is 17.2 Å². The lowest BCUT2D eigenvalue weighted by atomic mass is 9.93. The monoisotopic (exact) mass is 302 g/mol. The number of hydrogen-bond acceptors (Lipinski definition) is 4. The topological polar surface area (TPSA) is 69.0 Å². The second-order valence-corrected chi connectivity index (χ2v) is 6.14. The van der Waals surface area contributed by atoms with Crippen LogP contribution >= 0.6 is 0 Å². The van der Waals surface area contributed by atoms with Crippen LogP contribution in [0.25, 0.3) is 0 Å². The van der Waals surface area contributed by atoms with Gasteiger partial charge in [0, 0.05) is 43.7 Å². The number of anilines is 1. The van der Waals surface area contributed by atoms with E-state index in [9.17, 15) is 9.18 Å². The van der Waals surface area contributed by atoms with Crippen LogP contribution in [0.2, 0.25) is 0 Å². The number of nitriles is 1. The third-order valence-corrected chi connectivity index (χ3v) is 4.41. The van der Waals surface area contributed by atoms with Crippen LogP contribution < -0.4 is 10.2 Å². The van der Waals surface area contributed by atoms with Crippen molar-refractivity contribution >= 4 is 11.6 Å². The molecule has 2 aliphatic rings. The molecule has 1 N–H and O–H groups in total. The van der Waals surface area contributed by atoms with Gasteiger partial charge in [-0.05, 0) is 25.0 Å². The van der Waals surface area contributed by atoms with Crippen molar-refractivity contribution in [3.05, 3.63) is 24.0 Å². The van der Waals surface area contributed by atoms with Crippen molar-refractivity contribution in [1.82, 2.24) is 10.3 Å². The number of piperidine rings is 1. The summed E-state index contributed by atoms with van der Waals surface area (Å²) in [6.45, 7) is 1.26. The van der Waals surface area contributed by atoms with Gasteiger partial charge in [-0.3, -0.25) is 4.79 Å². The predicted molar refractivity (Wildman–Crippen MR) is 80.0 cm³/mol. The second kappa shape index (κ2) is 5.91. The fourth-order valence-electron chi connectivity index (χ4n) is 2.76. The Hall–Kier alpha value is -2.16. The molecular formula is C16H19FN4O. The van der Waals surface area contributed by atoms with Crippen LogP contribution in [-0.2, 0) is 4.79 Å². The van der Waals surface area contributed by atoms with E-state index in [2.05, 4.69) is 15.2 Å². The first kappa shape index (κ1) is 14.8. The van der Waals surface area contributed by atoms with Crippen molar-refractivity contribution in [2.24, 2.45) is 5.92 Å². The molecule has 1 saturated heterocycles. The minimum Gasteiger partial charge on any atom is -0.371 e. The highest BCUT2D eigenvalue weighted by Gasteiger charge is 2.37. The van der Waals surface area contributed by atoms with Gasteiger partial charge in [-0.15, -0.1) is 0 Å². The molecule has 22 heavy (non-hydrogen) atoms. The van der Waals surface area contributed by atoms with Gasteiger partial charge in [-0.2, -0.15) is 5.26 Å². The van der Waals surface area contributed by atoms with Crippen molar-refractivity contribution in [2.75, 3.05) is 24.5 Å². The summed E-state index contributed by atoms with van der Waals surface area (Å²) in [6, 6.07) is 5.57. The van der Waals surface area contributed by atoms with E-state index in [1.807, 2.05) is 12.1 Å². The molecule has 0 unspecified atom stereocenters. The molecule has 3 rings (SSSR count). The fourth-order valence-corrected chi connectivity index (χ4v) is 2.76. The van der Waals surface area contributed by atoms with Crippen molar-refractivity contribution < 1.29 is 9.18 Å². The Morgan fingerprint density at radius 1 is 1.50 bits per heavy atom. The molecule has 0 radical (unpaired) electrons. The van der Waals surface area contributed by atoms with Crippen molar-refractivity contribution in [3.8, 4) is 6.07 Å². The molecule has 0 atom stereocenters. The zero-order chi connectivity index (χ0) is 15.6. The molecule has 0 bridgehead atoms. The largest absolute Gasteiger partial charge is 0.371 e. The van der Waals surface area contributed by atoms with Gasteiger partial charge in [-0.25, -0.2) is 9.37 Å². The lowest BCUT2D eigenvalue weighted by Gasteiger charge is -2.37. The Balaban J connectivity index is 1.54. The number of carbonyl (C=O) groups excluding carboxylic acids is 1. The van der Waals surface area contributed by atoms with Crippen LogP contribution in [0.4, 0.5) is 10.1 Å². The molecule has 1 amide bonds. The quantitative estimate of drug-likeness (QED) is 0.920. The highest BCUT2D eigenvalue weighted by molar-refractivity contribution is 5.80. The first-order valence-corrected chi connectivity index (χ1v) is 7.67. The number of halogens is 1. The van der Waals surface area contributed by atoms with Gasteiger partial charge >= 0.3 is 0 Å². The van der Waals surface area contributed by atoms with Gasteiger partial charge in [0.25, 0.3) is 0 Å². The number of pyridine rings is 1. The van der Waals surface area contributed by atoms with Crippen LogP contribution in [-0.4, -0.2) is 36.2 Å². The molecule has 0 spiro atoms. The molecule has 1 aliphatic carbocycles. The lowest BCUT2D eigenvalue weighted by molar-refractivity contribution is -0.123. The van der Waals surface area contributed by atoms with E-state index in [1.54, 1.807) is 12.3 Å². The Bertz CT molecular complexity index is 600. The number of rotatable bonds is 4. The van der Waals surface area contributed by atoms with Crippen LogP contribution in [0.15, 0.2) is 18.3 Å².